The standard InChI is InChI=1S/C21H29N3/c1-6-14-24(15-7-2)20-11-8-19(9-12-20)10-13-21-18(5)22-16(3)17(4)23-21/h8-13H,6-7,14-15H2,1-5H3/b13-10+. The molecule has 1 heterocycles. The summed E-state index contributed by atoms with van der Waals surface area (Å²) in [6.45, 7) is 12.7. The second-order valence-corrected chi connectivity index (χ2v) is 6.28. The van der Waals surface area contributed by atoms with Crippen LogP contribution in [0, 0.1) is 20.8 Å². The number of nitrogens with zero attached hydrogens (tertiary/aromatic N) is 3. The maximum Gasteiger partial charge on any atom is 0.0845 e. The normalized spacial score (nSPS) is 11.2. The Bertz CT molecular complexity index is 681. The quantitative estimate of drug-likeness (QED) is 0.701. The number of aryl methyl sites for hydroxylation is 3. The van der Waals surface area contributed by atoms with Crippen molar-refractivity contribution in [3.8, 4) is 0 Å². The number of hydrogen-bond donors (Lipinski definition) is 0. The van der Waals surface area contributed by atoms with Gasteiger partial charge in [0, 0.05) is 18.8 Å². The number of hydrogen-bond acceptors (Lipinski definition) is 3. The molecule has 0 spiro atoms. The number of aromatic nitrogens is 2. The van der Waals surface area contributed by atoms with Crippen molar-refractivity contribution in [2.45, 2.75) is 47.5 Å². The molecule has 3 nitrogen and oxygen atoms in total. The maximum atomic E-state index is 4.62. The van der Waals surface area contributed by atoms with Crippen LogP contribution in [0.25, 0.3) is 12.2 Å². The van der Waals surface area contributed by atoms with E-state index in [0.717, 1.165) is 35.9 Å². The van der Waals surface area contributed by atoms with E-state index in [1.807, 2.05) is 20.8 Å². The zero-order valence-electron chi connectivity index (χ0n) is 15.6. The van der Waals surface area contributed by atoms with Gasteiger partial charge in [0.15, 0.2) is 0 Å². The monoisotopic (exact) mass is 323 g/mol. The molecule has 0 N–H and O–H groups in total. The highest BCUT2D eigenvalue weighted by Crippen LogP contribution is 2.18. The van der Waals surface area contributed by atoms with Crippen molar-refractivity contribution in [2.75, 3.05) is 18.0 Å². The Kier molecular flexibility index (Phi) is 6.53. The van der Waals surface area contributed by atoms with E-state index in [2.05, 4.69) is 65.1 Å². The van der Waals surface area contributed by atoms with Gasteiger partial charge in [-0.3, -0.25) is 4.98 Å². The van der Waals surface area contributed by atoms with Crippen LogP contribution in [0.2, 0.25) is 0 Å². The second kappa shape index (κ2) is 8.62. The van der Waals surface area contributed by atoms with Gasteiger partial charge in [-0.2, -0.15) is 0 Å². The number of benzene rings is 1. The summed E-state index contributed by atoms with van der Waals surface area (Å²) in [5.74, 6) is 0. The van der Waals surface area contributed by atoms with Gasteiger partial charge in [0.25, 0.3) is 0 Å². The topological polar surface area (TPSA) is 29.0 Å². The average molecular weight is 323 g/mol. The van der Waals surface area contributed by atoms with Crippen molar-refractivity contribution < 1.29 is 0 Å². The minimum absolute atomic E-state index is 0.945. The van der Waals surface area contributed by atoms with Crippen molar-refractivity contribution in [3.63, 3.8) is 0 Å². The minimum Gasteiger partial charge on any atom is -0.372 e. The van der Waals surface area contributed by atoms with Crippen molar-refractivity contribution >= 4 is 17.8 Å². The Morgan fingerprint density at radius 1 is 0.792 bits per heavy atom. The predicted octanol–water partition coefficient (Wildman–Crippen LogP) is 5.20. The number of anilines is 1. The highest BCUT2D eigenvalue weighted by Gasteiger charge is 2.04. The van der Waals surface area contributed by atoms with E-state index in [9.17, 15) is 0 Å². The van der Waals surface area contributed by atoms with Crippen LogP contribution in [0.4, 0.5) is 5.69 Å². The first-order chi connectivity index (χ1) is 11.5. The highest BCUT2D eigenvalue weighted by atomic mass is 15.1. The largest absolute Gasteiger partial charge is 0.372 e. The van der Waals surface area contributed by atoms with Crippen LogP contribution in [-0.2, 0) is 0 Å². The molecule has 1 aromatic heterocycles. The summed E-state index contributed by atoms with van der Waals surface area (Å²) in [4.78, 5) is 11.6. The van der Waals surface area contributed by atoms with Crippen LogP contribution in [0.5, 0.6) is 0 Å². The average Bonchev–Trinajstić information content (AvgIpc) is 2.57. The molecule has 2 aromatic rings. The Morgan fingerprint density at radius 2 is 1.38 bits per heavy atom. The van der Waals surface area contributed by atoms with Gasteiger partial charge in [-0.25, -0.2) is 4.98 Å². The minimum atomic E-state index is 0.945. The molecule has 0 unspecified atom stereocenters. The van der Waals surface area contributed by atoms with Gasteiger partial charge in [0.2, 0.25) is 0 Å². The second-order valence-electron chi connectivity index (χ2n) is 6.28. The Balaban J connectivity index is 2.15. The predicted molar refractivity (Wildman–Crippen MR) is 104 cm³/mol. The third-order valence-electron chi connectivity index (χ3n) is 4.20. The van der Waals surface area contributed by atoms with Crippen LogP contribution in [0.1, 0.15) is 55.0 Å². The van der Waals surface area contributed by atoms with E-state index in [4.69, 9.17) is 0 Å². The molecule has 128 valence electrons. The summed E-state index contributed by atoms with van der Waals surface area (Å²) in [5.41, 5.74) is 6.40. The summed E-state index contributed by atoms with van der Waals surface area (Å²) in [7, 11) is 0. The van der Waals surface area contributed by atoms with E-state index in [0.29, 0.717) is 0 Å². The van der Waals surface area contributed by atoms with Crippen molar-refractivity contribution in [2.24, 2.45) is 0 Å². The molecule has 0 aliphatic carbocycles. The first kappa shape index (κ1) is 18.2. The molecular weight excluding hydrogens is 294 g/mol. The van der Waals surface area contributed by atoms with Gasteiger partial charge in [-0.05, 0) is 57.4 Å². The molecule has 2 rings (SSSR count). The Morgan fingerprint density at radius 3 is 1.96 bits per heavy atom. The molecule has 1 aromatic carbocycles. The summed E-state index contributed by atoms with van der Waals surface area (Å²) in [6.07, 6.45) is 6.51. The molecule has 3 heteroatoms. The fourth-order valence-electron chi connectivity index (χ4n) is 2.77. The van der Waals surface area contributed by atoms with E-state index >= 15 is 0 Å². The molecule has 0 amide bonds. The molecule has 0 aliphatic heterocycles. The van der Waals surface area contributed by atoms with Crippen molar-refractivity contribution in [1.29, 1.82) is 0 Å². The van der Waals surface area contributed by atoms with Crippen LogP contribution in [0.15, 0.2) is 24.3 Å². The van der Waals surface area contributed by atoms with Gasteiger partial charge in [0.05, 0.1) is 22.8 Å². The maximum absolute atomic E-state index is 4.62. The van der Waals surface area contributed by atoms with Crippen molar-refractivity contribution in [3.05, 3.63) is 52.6 Å². The van der Waals surface area contributed by atoms with Crippen molar-refractivity contribution in [1.82, 2.24) is 9.97 Å². The fraction of sp³-hybridized carbons (Fsp3) is 0.429. The molecule has 0 atom stereocenters. The zero-order chi connectivity index (χ0) is 17.5. The molecule has 0 fully saturated rings. The molecule has 0 saturated carbocycles. The van der Waals surface area contributed by atoms with E-state index < -0.39 is 0 Å². The lowest BCUT2D eigenvalue weighted by molar-refractivity contribution is 0.745. The number of rotatable bonds is 7. The first-order valence-corrected chi connectivity index (χ1v) is 8.90. The Labute approximate surface area is 146 Å². The fourth-order valence-corrected chi connectivity index (χ4v) is 2.77. The van der Waals surface area contributed by atoms with E-state index in [1.54, 1.807) is 0 Å². The molecule has 0 bridgehead atoms. The third-order valence-corrected chi connectivity index (χ3v) is 4.20. The molecule has 24 heavy (non-hydrogen) atoms. The van der Waals surface area contributed by atoms with Gasteiger partial charge in [-0.15, -0.1) is 0 Å². The van der Waals surface area contributed by atoms with E-state index in [1.165, 1.54) is 24.1 Å². The van der Waals surface area contributed by atoms with Gasteiger partial charge >= 0.3 is 0 Å². The molecular formula is C21H29N3. The molecule has 0 saturated heterocycles. The Hall–Kier alpha value is -2.16. The lowest BCUT2D eigenvalue weighted by Gasteiger charge is -2.23. The van der Waals surface area contributed by atoms with Crippen LogP contribution in [0.3, 0.4) is 0 Å². The smallest absolute Gasteiger partial charge is 0.0845 e. The molecule has 0 aliphatic rings. The molecule has 0 radical (unpaired) electrons. The zero-order valence-corrected chi connectivity index (χ0v) is 15.6. The van der Waals surface area contributed by atoms with E-state index in [-0.39, 0.29) is 0 Å². The van der Waals surface area contributed by atoms with Gasteiger partial charge in [-0.1, -0.05) is 32.1 Å². The lowest BCUT2D eigenvalue weighted by Crippen LogP contribution is -2.24. The van der Waals surface area contributed by atoms with Crippen LogP contribution < -0.4 is 4.90 Å². The van der Waals surface area contributed by atoms with Crippen LogP contribution in [-0.4, -0.2) is 23.1 Å². The van der Waals surface area contributed by atoms with Gasteiger partial charge < -0.3 is 4.90 Å². The summed E-state index contributed by atoms with van der Waals surface area (Å²) < 4.78 is 0. The summed E-state index contributed by atoms with van der Waals surface area (Å²) in [6, 6.07) is 8.77. The van der Waals surface area contributed by atoms with Crippen LogP contribution >= 0.6 is 0 Å². The highest BCUT2D eigenvalue weighted by molar-refractivity contribution is 5.70. The SMILES string of the molecule is CCCN(CCC)c1ccc(/C=C/c2nc(C)c(C)nc2C)cc1. The summed E-state index contributed by atoms with van der Waals surface area (Å²) >= 11 is 0. The lowest BCUT2D eigenvalue weighted by atomic mass is 10.1. The third kappa shape index (κ3) is 4.67. The first-order valence-electron chi connectivity index (χ1n) is 8.90. The summed E-state index contributed by atoms with van der Waals surface area (Å²) in [5, 5.41) is 0. The van der Waals surface area contributed by atoms with Gasteiger partial charge in [0.1, 0.15) is 0 Å².